The van der Waals surface area contributed by atoms with Gasteiger partial charge in [-0.1, -0.05) is 24.3 Å². The van der Waals surface area contributed by atoms with Crippen LogP contribution in [0.25, 0.3) is 6.08 Å². The van der Waals surface area contributed by atoms with Crippen LogP contribution in [0.5, 0.6) is 0 Å². The molecular formula is C20H21N3O. The first kappa shape index (κ1) is 17.3. The Balaban J connectivity index is 2.22. The lowest BCUT2D eigenvalue weighted by atomic mass is 10.1. The number of amides is 1. The molecule has 0 atom stereocenters. The number of nitriles is 1. The predicted octanol–water partition coefficient (Wildman–Crippen LogP) is 3.92. The first-order valence-corrected chi connectivity index (χ1v) is 7.69. The number of carbonyl (C=O) groups is 1. The summed E-state index contributed by atoms with van der Waals surface area (Å²) < 4.78 is 0. The van der Waals surface area contributed by atoms with Crippen molar-refractivity contribution in [2.45, 2.75) is 13.8 Å². The highest BCUT2D eigenvalue weighted by Gasteiger charge is 2.11. The van der Waals surface area contributed by atoms with Crippen LogP contribution in [0.2, 0.25) is 0 Å². The van der Waals surface area contributed by atoms with E-state index >= 15 is 0 Å². The Morgan fingerprint density at radius 3 is 2.38 bits per heavy atom. The number of aryl methyl sites for hydroxylation is 1. The molecule has 0 aliphatic carbocycles. The Morgan fingerprint density at radius 2 is 1.79 bits per heavy atom. The number of anilines is 2. The van der Waals surface area contributed by atoms with Gasteiger partial charge in [0.1, 0.15) is 11.6 Å². The second-order valence-electron chi connectivity index (χ2n) is 5.86. The van der Waals surface area contributed by atoms with Gasteiger partial charge in [-0.2, -0.15) is 5.26 Å². The van der Waals surface area contributed by atoms with Crippen LogP contribution in [0, 0.1) is 25.2 Å². The van der Waals surface area contributed by atoms with Gasteiger partial charge in [0.15, 0.2) is 0 Å². The molecule has 0 bridgehead atoms. The molecule has 4 heteroatoms. The molecule has 1 N–H and O–H groups in total. The third kappa shape index (κ3) is 4.02. The van der Waals surface area contributed by atoms with Crippen molar-refractivity contribution in [1.29, 1.82) is 5.26 Å². The molecule has 0 saturated carbocycles. The molecule has 0 spiro atoms. The highest BCUT2D eigenvalue weighted by Crippen LogP contribution is 2.19. The predicted molar refractivity (Wildman–Crippen MR) is 98.9 cm³/mol. The summed E-state index contributed by atoms with van der Waals surface area (Å²) in [6, 6.07) is 15.4. The van der Waals surface area contributed by atoms with E-state index in [0.717, 1.165) is 28.1 Å². The molecule has 0 saturated heterocycles. The Kier molecular flexibility index (Phi) is 5.39. The van der Waals surface area contributed by atoms with Crippen LogP contribution in [0.1, 0.15) is 16.7 Å². The quantitative estimate of drug-likeness (QED) is 0.686. The van der Waals surface area contributed by atoms with Crippen LogP contribution in [0.15, 0.2) is 48.0 Å². The highest BCUT2D eigenvalue weighted by molar-refractivity contribution is 6.10. The van der Waals surface area contributed by atoms with Crippen molar-refractivity contribution in [3.05, 3.63) is 64.7 Å². The summed E-state index contributed by atoms with van der Waals surface area (Å²) in [4.78, 5) is 14.4. The van der Waals surface area contributed by atoms with Crippen LogP contribution in [0.3, 0.4) is 0 Å². The van der Waals surface area contributed by atoms with Crippen LogP contribution < -0.4 is 10.2 Å². The van der Waals surface area contributed by atoms with Crippen LogP contribution in [-0.4, -0.2) is 20.0 Å². The minimum atomic E-state index is -0.400. The average molecular weight is 319 g/mol. The average Bonchev–Trinajstić information content (AvgIpc) is 2.57. The number of nitrogens with one attached hydrogen (secondary N) is 1. The first-order valence-electron chi connectivity index (χ1n) is 7.69. The van der Waals surface area contributed by atoms with Gasteiger partial charge in [-0.05, 0) is 54.8 Å². The molecule has 2 aromatic carbocycles. The van der Waals surface area contributed by atoms with E-state index in [9.17, 15) is 10.1 Å². The fourth-order valence-corrected chi connectivity index (χ4v) is 2.26. The number of rotatable bonds is 4. The zero-order chi connectivity index (χ0) is 17.7. The molecule has 122 valence electrons. The monoisotopic (exact) mass is 319 g/mol. The lowest BCUT2D eigenvalue weighted by Gasteiger charge is -2.12. The standard InChI is InChI=1S/C20H21N3O/c1-14-6-5-7-19(15(14)2)22-20(24)17(13-21)12-16-8-10-18(11-9-16)23(3)4/h5-12H,1-4H3,(H,22,24)/b17-12-. The van der Waals surface area contributed by atoms with Crippen molar-refractivity contribution in [2.24, 2.45) is 0 Å². The third-order valence-electron chi connectivity index (χ3n) is 3.94. The molecule has 0 fully saturated rings. The maximum Gasteiger partial charge on any atom is 0.266 e. The number of hydrogen-bond acceptors (Lipinski definition) is 3. The number of hydrogen-bond donors (Lipinski definition) is 1. The summed E-state index contributed by atoms with van der Waals surface area (Å²) in [5.74, 6) is -0.400. The van der Waals surface area contributed by atoms with Gasteiger partial charge in [0.05, 0.1) is 0 Å². The smallest absolute Gasteiger partial charge is 0.266 e. The minimum Gasteiger partial charge on any atom is -0.378 e. The van der Waals surface area contributed by atoms with Crippen molar-refractivity contribution in [2.75, 3.05) is 24.3 Å². The van der Waals surface area contributed by atoms with Gasteiger partial charge < -0.3 is 10.2 Å². The fraction of sp³-hybridized carbons (Fsp3) is 0.200. The van der Waals surface area contributed by atoms with E-state index in [-0.39, 0.29) is 5.57 Å². The van der Waals surface area contributed by atoms with Gasteiger partial charge in [-0.3, -0.25) is 4.79 Å². The number of carbonyl (C=O) groups excluding carboxylic acids is 1. The van der Waals surface area contributed by atoms with Crippen molar-refractivity contribution >= 4 is 23.4 Å². The summed E-state index contributed by atoms with van der Waals surface area (Å²) in [6.07, 6.45) is 1.60. The fourth-order valence-electron chi connectivity index (χ4n) is 2.26. The van der Waals surface area contributed by atoms with Crippen molar-refractivity contribution < 1.29 is 4.79 Å². The van der Waals surface area contributed by atoms with Gasteiger partial charge in [0.25, 0.3) is 5.91 Å². The topological polar surface area (TPSA) is 56.1 Å². The van der Waals surface area contributed by atoms with Gasteiger partial charge >= 0.3 is 0 Å². The Hall–Kier alpha value is -3.06. The zero-order valence-electron chi connectivity index (χ0n) is 14.4. The maximum atomic E-state index is 12.4. The summed E-state index contributed by atoms with van der Waals surface area (Å²) in [6.45, 7) is 3.93. The lowest BCUT2D eigenvalue weighted by molar-refractivity contribution is -0.112. The van der Waals surface area contributed by atoms with Crippen LogP contribution in [-0.2, 0) is 4.79 Å². The SMILES string of the molecule is Cc1cccc(NC(=O)/C(C#N)=C\c2ccc(N(C)C)cc2)c1C. The second-order valence-corrected chi connectivity index (χ2v) is 5.86. The van der Waals surface area contributed by atoms with E-state index in [1.807, 2.05) is 81.4 Å². The van der Waals surface area contributed by atoms with E-state index in [1.54, 1.807) is 6.08 Å². The van der Waals surface area contributed by atoms with Crippen molar-refractivity contribution in [3.63, 3.8) is 0 Å². The molecule has 0 radical (unpaired) electrons. The normalized spacial score (nSPS) is 10.9. The molecule has 2 rings (SSSR count). The Bertz CT molecular complexity index is 812. The molecule has 2 aromatic rings. The highest BCUT2D eigenvalue weighted by atomic mass is 16.1. The van der Waals surface area contributed by atoms with Crippen molar-refractivity contribution in [3.8, 4) is 6.07 Å². The Morgan fingerprint density at radius 1 is 1.12 bits per heavy atom. The van der Waals surface area contributed by atoms with Crippen LogP contribution in [0.4, 0.5) is 11.4 Å². The molecule has 24 heavy (non-hydrogen) atoms. The van der Waals surface area contributed by atoms with E-state index in [0.29, 0.717) is 0 Å². The second kappa shape index (κ2) is 7.47. The summed E-state index contributed by atoms with van der Waals surface area (Å²) >= 11 is 0. The minimum absolute atomic E-state index is 0.0773. The lowest BCUT2D eigenvalue weighted by Crippen LogP contribution is -2.14. The first-order chi connectivity index (χ1) is 11.4. The molecule has 0 aliphatic heterocycles. The van der Waals surface area contributed by atoms with Gasteiger partial charge in [0.2, 0.25) is 0 Å². The van der Waals surface area contributed by atoms with Crippen molar-refractivity contribution in [1.82, 2.24) is 0 Å². The zero-order valence-corrected chi connectivity index (χ0v) is 14.4. The summed E-state index contributed by atoms with van der Waals surface area (Å²) in [7, 11) is 3.92. The Labute approximate surface area is 143 Å². The number of benzene rings is 2. The molecule has 0 aliphatic rings. The van der Waals surface area contributed by atoms with Gasteiger partial charge in [-0.25, -0.2) is 0 Å². The van der Waals surface area contributed by atoms with Gasteiger partial charge in [0, 0.05) is 25.5 Å². The number of nitrogens with zero attached hydrogens (tertiary/aromatic N) is 2. The van der Waals surface area contributed by atoms with E-state index in [2.05, 4.69) is 5.32 Å². The van der Waals surface area contributed by atoms with E-state index in [1.165, 1.54) is 0 Å². The summed E-state index contributed by atoms with van der Waals surface area (Å²) in [5, 5.41) is 12.1. The van der Waals surface area contributed by atoms with E-state index in [4.69, 9.17) is 0 Å². The molecule has 4 nitrogen and oxygen atoms in total. The summed E-state index contributed by atoms with van der Waals surface area (Å²) in [5.41, 5.74) is 4.77. The molecule has 0 unspecified atom stereocenters. The van der Waals surface area contributed by atoms with Crippen LogP contribution >= 0.6 is 0 Å². The third-order valence-corrected chi connectivity index (χ3v) is 3.94. The maximum absolute atomic E-state index is 12.4. The van der Waals surface area contributed by atoms with E-state index < -0.39 is 5.91 Å². The largest absolute Gasteiger partial charge is 0.378 e. The molecular weight excluding hydrogens is 298 g/mol. The molecule has 1 amide bonds. The van der Waals surface area contributed by atoms with Gasteiger partial charge in [-0.15, -0.1) is 0 Å². The molecule has 0 aromatic heterocycles. The molecule has 0 heterocycles.